The predicted octanol–water partition coefficient (Wildman–Crippen LogP) is 9.97. The first kappa shape index (κ1) is 29.0. The summed E-state index contributed by atoms with van der Waals surface area (Å²) in [5.41, 5.74) is 6.87. The van der Waals surface area contributed by atoms with Crippen molar-refractivity contribution in [3.8, 4) is 0 Å². The van der Waals surface area contributed by atoms with Gasteiger partial charge in [-0.3, -0.25) is 6.08 Å². The molecule has 194 valence electrons. The van der Waals surface area contributed by atoms with Crippen LogP contribution in [0, 0.1) is 12.0 Å². The zero-order valence-corrected chi connectivity index (χ0v) is 26.1. The average molecular weight is 586 g/mol. The molecule has 0 heterocycles. The Labute approximate surface area is 249 Å². The maximum absolute atomic E-state index is 3.26. The molecular formula is C38H38Zr. The van der Waals surface area contributed by atoms with Crippen molar-refractivity contribution in [1.82, 2.24) is 0 Å². The molecule has 0 saturated carbocycles. The van der Waals surface area contributed by atoms with Gasteiger partial charge in [-0.05, 0) is 12.8 Å². The minimum atomic E-state index is 0.661. The van der Waals surface area contributed by atoms with Gasteiger partial charge in [0.25, 0.3) is 0 Å². The van der Waals surface area contributed by atoms with E-state index in [2.05, 4.69) is 149 Å². The molecule has 1 aliphatic rings. The SMILES string of the molecule is CC(C)C1=[C-]CC=C1.CCc1ccc2c(c1)[cH-]c1cc(CC)ccc12.[Zr+2]=[C](c1ccccc1)c1ccccc1. The van der Waals surface area contributed by atoms with E-state index in [1.165, 1.54) is 76.8 Å². The number of benzene rings is 4. The summed E-state index contributed by atoms with van der Waals surface area (Å²) in [7, 11) is 0. The van der Waals surface area contributed by atoms with Gasteiger partial charge < -0.3 is 0 Å². The van der Waals surface area contributed by atoms with Crippen LogP contribution in [0.15, 0.2) is 121 Å². The topological polar surface area (TPSA) is 0 Å². The van der Waals surface area contributed by atoms with Gasteiger partial charge in [-0.1, -0.05) is 69.0 Å². The summed E-state index contributed by atoms with van der Waals surface area (Å²) in [6.07, 6.45) is 10.8. The Hall–Kier alpha value is -3.02. The molecule has 0 aromatic heterocycles. The van der Waals surface area contributed by atoms with Gasteiger partial charge in [0.15, 0.2) is 0 Å². The zero-order chi connectivity index (χ0) is 27.6. The number of allylic oxidation sites excluding steroid dienone is 4. The van der Waals surface area contributed by atoms with Crippen LogP contribution in [0.3, 0.4) is 0 Å². The van der Waals surface area contributed by atoms with Crippen molar-refractivity contribution in [2.24, 2.45) is 5.92 Å². The number of aryl methyl sites for hydroxylation is 2. The first-order chi connectivity index (χ1) is 19.0. The molecule has 0 spiro atoms. The first-order valence-corrected chi connectivity index (χ1v) is 15.3. The maximum atomic E-state index is 3.26. The van der Waals surface area contributed by atoms with Crippen LogP contribution >= 0.6 is 0 Å². The fourth-order valence-corrected chi connectivity index (χ4v) is 5.57. The zero-order valence-electron chi connectivity index (χ0n) is 23.7. The molecule has 5 aromatic rings. The Bertz CT molecular complexity index is 1460. The summed E-state index contributed by atoms with van der Waals surface area (Å²) in [6.45, 7) is 8.80. The van der Waals surface area contributed by atoms with E-state index in [1.54, 1.807) is 0 Å². The molecule has 0 nitrogen and oxygen atoms in total. The number of hydrogen-bond donors (Lipinski definition) is 0. The molecule has 0 aliphatic heterocycles. The molecule has 6 rings (SSSR count). The standard InChI is InChI=1S/C17H17.C13H10.C8H11.Zr/c1-3-12-5-7-16-14(9-12)11-15-10-13(4-2)6-8-17(15)16;1-3-7-12(8-4-1)11-13-9-5-2-6-10-13;1-7(2)8-5-3-4-6-8;/h5-11H,3-4H2,1-2H3;1-10H;3,5,7H,4H2,1-2H3;/q-1;;-1;+2. The van der Waals surface area contributed by atoms with Crippen LogP contribution in [0.25, 0.3) is 21.5 Å². The van der Waals surface area contributed by atoms with Crippen LogP contribution in [0.4, 0.5) is 0 Å². The van der Waals surface area contributed by atoms with E-state index in [0.29, 0.717) is 5.92 Å². The van der Waals surface area contributed by atoms with Gasteiger partial charge in [0.2, 0.25) is 0 Å². The monoisotopic (exact) mass is 584 g/mol. The van der Waals surface area contributed by atoms with Gasteiger partial charge in [0.1, 0.15) is 0 Å². The second-order valence-electron chi connectivity index (χ2n) is 10.2. The normalized spacial score (nSPS) is 12.1. The molecule has 0 amide bonds. The van der Waals surface area contributed by atoms with Crippen molar-refractivity contribution < 1.29 is 24.2 Å². The number of fused-ring (bicyclic) bond motifs is 3. The van der Waals surface area contributed by atoms with Gasteiger partial charge in [-0.2, -0.15) is 6.08 Å². The van der Waals surface area contributed by atoms with E-state index in [-0.39, 0.29) is 0 Å². The predicted molar refractivity (Wildman–Crippen MR) is 167 cm³/mol. The van der Waals surface area contributed by atoms with E-state index in [9.17, 15) is 0 Å². The van der Waals surface area contributed by atoms with E-state index in [1.807, 2.05) is 0 Å². The van der Waals surface area contributed by atoms with Crippen molar-refractivity contribution in [2.75, 3.05) is 0 Å². The summed E-state index contributed by atoms with van der Waals surface area (Å²) >= 11 is 1.46. The van der Waals surface area contributed by atoms with Crippen molar-refractivity contribution in [3.63, 3.8) is 0 Å². The third-order valence-electron chi connectivity index (χ3n) is 7.12. The molecule has 0 saturated heterocycles. The molecule has 0 bridgehead atoms. The van der Waals surface area contributed by atoms with E-state index >= 15 is 0 Å². The molecule has 0 unspecified atom stereocenters. The van der Waals surface area contributed by atoms with Crippen LogP contribution in [-0.4, -0.2) is 3.21 Å². The Balaban J connectivity index is 0.000000145. The van der Waals surface area contributed by atoms with Crippen molar-refractivity contribution in [3.05, 3.63) is 149 Å². The summed E-state index contributed by atoms with van der Waals surface area (Å²) < 4.78 is 1.42. The Kier molecular flexibility index (Phi) is 10.7. The molecule has 0 radical (unpaired) electrons. The Morgan fingerprint density at radius 1 is 0.744 bits per heavy atom. The fourth-order valence-electron chi connectivity index (χ4n) is 4.76. The summed E-state index contributed by atoms with van der Waals surface area (Å²) in [5.74, 6) is 0.661. The van der Waals surface area contributed by atoms with Gasteiger partial charge in [0.05, 0.1) is 0 Å². The molecule has 0 fully saturated rings. The second-order valence-corrected chi connectivity index (χ2v) is 11.4. The van der Waals surface area contributed by atoms with Crippen LogP contribution in [-0.2, 0) is 37.1 Å². The summed E-state index contributed by atoms with van der Waals surface area (Å²) in [4.78, 5) is 0. The Morgan fingerprint density at radius 2 is 1.23 bits per heavy atom. The molecule has 1 heteroatoms. The van der Waals surface area contributed by atoms with Crippen LogP contribution in [0.1, 0.15) is 56.4 Å². The van der Waals surface area contributed by atoms with Crippen LogP contribution < -0.4 is 0 Å². The minimum absolute atomic E-state index is 0.661. The first-order valence-electron chi connectivity index (χ1n) is 14.1. The Morgan fingerprint density at radius 3 is 1.59 bits per heavy atom. The molecular weight excluding hydrogens is 548 g/mol. The second kappa shape index (κ2) is 14.4. The van der Waals surface area contributed by atoms with Crippen LogP contribution in [0.2, 0.25) is 0 Å². The quantitative estimate of drug-likeness (QED) is 0.180. The summed E-state index contributed by atoms with van der Waals surface area (Å²) in [6, 6.07) is 37.1. The van der Waals surface area contributed by atoms with Crippen molar-refractivity contribution >= 4 is 24.8 Å². The van der Waals surface area contributed by atoms with Gasteiger partial charge in [-0.15, -0.1) is 46.2 Å². The molecule has 0 N–H and O–H groups in total. The van der Waals surface area contributed by atoms with Crippen LogP contribution in [0.5, 0.6) is 0 Å². The molecule has 39 heavy (non-hydrogen) atoms. The van der Waals surface area contributed by atoms with Gasteiger partial charge in [0, 0.05) is 0 Å². The third kappa shape index (κ3) is 7.77. The van der Waals surface area contributed by atoms with Crippen molar-refractivity contribution in [1.29, 1.82) is 0 Å². The number of hydrogen-bond acceptors (Lipinski definition) is 0. The molecule has 5 aromatic carbocycles. The van der Waals surface area contributed by atoms with E-state index in [0.717, 1.165) is 19.3 Å². The van der Waals surface area contributed by atoms with Gasteiger partial charge >= 0.3 is 99.2 Å². The van der Waals surface area contributed by atoms with E-state index < -0.39 is 0 Å². The fraction of sp³-hybridized carbons (Fsp3) is 0.211. The van der Waals surface area contributed by atoms with Gasteiger partial charge in [-0.25, -0.2) is 11.6 Å². The van der Waals surface area contributed by atoms with Crippen molar-refractivity contribution in [2.45, 2.75) is 47.0 Å². The molecule has 1 aliphatic carbocycles. The molecule has 0 atom stereocenters. The number of rotatable bonds is 5. The third-order valence-corrected chi connectivity index (χ3v) is 8.54. The average Bonchev–Trinajstić information content (AvgIpc) is 3.66. The summed E-state index contributed by atoms with van der Waals surface area (Å²) in [5, 5.41) is 5.54. The van der Waals surface area contributed by atoms with E-state index in [4.69, 9.17) is 0 Å².